The van der Waals surface area contributed by atoms with Crippen molar-refractivity contribution < 1.29 is 32.8 Å². The molecule has 2 aliphatic heterocycles. The first-order chi connectivity index (χ1) is 18.9. The fraction of sp³-hybridized carbons (Fsp3) is 0.519. The lowest BCUT2D eigenvalue weighted by atomic mass is 9.76. The van der Waals surface area contributed by atoms with Gasteiger partial charge >= 0.3 is 13.1 Å². The van der Waals surface area contributed by atoms with Crippen molar-refractivity contribution in [3.63, 3.8) is 0 Å². The fourth-order valence-corrected chi connectivity index (χ4v) is 5.37. The summed E-state index contributed by atoms with van der Waals surface area (Å²) >= 11 is 0. The molecule has 0 aliphatic carbocycles. The van der Waals surface area contributed by atoms with Crippen molar-refractivity contribution in [2.75, 3.05) is 26.2 Å². The number of halogens is 2. The van der Waals surface area contributed by atoms with E-state index in [2.05, 4.69) is 10.6 Å². The number of carbonyl (C=O) groups excluding carboxylic acids is 2. The van der Waals surface area contributed by atoms with E-state index in [1.807, 2.05) is 24.3 Å². The van der Waals surface area contributed by atoms with Crippen LogP contribution in [0.15, 0.2) is 46.6 Å². The lowest BCUT2D eigenvalue weighted by molar-refractivity contribution is -0.127. The van der Waals surface area contributed by atoms with E-state index in [-0.39, 0.29) is 37.5 Å². The SMILES string of the molecule is CC(C)(/C=C(\C#N)C(=O)N1CCC[C@@H]1CNC(=O)N[C@@H](Cc1coc2ccccc12)B(O)O)N1CCC(F)(F)C1. The van der Waals surface area contributed by atoms with Gasteiger partial charge in [0, 0.05) is 43.0 Å². The average Bonchev–Trinajstić information content (AvgIpc) is 3.64. The second kappa shape index (κ2) is 12.0. The fourth-order valence-electron chi connectivity index (χ4n) is 5.37. The van der Waals surface area contributed by atoms with Crippen LogP contribution in [0.1, 0.15) is 38.7 Å². The van der Waals surface area contributed by atoms with Gasteiger partial charge in [0.15, 0.2) is 0 Å². The van der Waals surface area contributed by atoms with Gasteiger partial charge in [-0.05, 0) is 50.8 Å². The second-order valence-corrected chi connectivity index (χ2v) is 11.0. The zero-order chi connectivity index (χ0) is 29.1. The lowest BCUT2D eigenvalue weighted by Crippen LogP contribution is -2.53. The van der Waals surface area contributed by atoms with Gasteiger partial charge in [-0.1, -0.05) is 18.2 Å². The van der Waals surface area contributed by atoms with Gasteiger partial charge in [0.2, 0.25) is 0 Å². The Hall–Kier alpha value is -3.47. The summed E-state index contributed by atoms with van der Waals surface area (Å²) in [5.74, 6) is -4.33. The van der Waals surface area contributed by atoms with E-state index in [1.54, 1.807) is 24.8 Å². The molecular weight excluding hydrogens is 523 g/mol. The quantitative estimate of drug-likeness (QED) is 0.211. The second-order valence-electron chi connectivity index (χ2n) is 11.0. The molecule has 2 saturated heterocycles. The first-order valence-electron chi connectivity index (χ1n) is 13.3. The third-order valence-electron chi connectivity index (χ3n) is 7.65. The van der Waals surface area contributed by atoms with E-state index in [0.717, 1.165) is 5.39 Å². The van der Waals surface area contributed by atoms with Gasteiger partial charge in [0.1, 0.15) is 17.2 Å². The van der Waals surface area contributed by atoms with Crippen LogP contribution in [0.2, 0.25) is 0 Å². The minimum Gasteiger partial charge on any atom is -0.464 e. The molecule has 0 bridgehead atoms. The number of urea groups is 1. The van der Waals surface area contributed by atoms with Crippen LogP contribution in [0.3, 0.4) is 0 Å². The Bertz CT molecular complexity index is 1310. The van der Waals surface area contributed by atoms with Crippen LogP contribution in [0.4, 0.5) is 13.6 Å². The molecule has 0 unspecified atom stereocenters. The number of nitrogens with zero attached hydrogens (tertiary/aromatic N) is 3. The third kappa shape index (κ3) is 6.81. The monoisotopic (exact) mass is 557 g/mol. The molecule has 40 heavy (non-hydrogen) atoms. The first-order valence-corrected chi connectivity index (χ1v) is 13.3. The van der Waals surface area contributed by atoms with Crippen LogP contribution in [-0.2, 0) is 11.2 Å². The molecule has 4 rings (SSSR count). The van der Waals surface area contributed by atoms with Crippen molar-refractivity contribution in [1.29, 1.82) is 5.26 Å². The zero-order valence-electron chi connectivity index (χ0n) is 22.6. The van der Waals surface area contributed by atoms with Gasteiger partial charge in [-0.2, -0.15) is 5.26 Å². The van der Waals surface area contributed by atoms with Gasteiger partial charge in [-0.15, -0.1) is 0 Å². The molecule has 3 heterocycles. The molecule has 214 valence electrons. The summed E-state index contributed by atoms with van der Waals surface area (Å²) in [6.07, 6.45) is 4.07. The molecule has 4 N–H and O–H groups in total. The minimum absolute atomic E-state index is 0.0842. The van der Waals surface area contributed by atoms with Crippen LogP contribution >= 0.6 is 0 Å². The molecule has 1 aromatic heterocycles. The maximum absolute atomic E-state index is 13.8. The number of hydrogen-bond donors (Lipinski definition) is 4. The molecule has 2 aliphatic rings. The molecular formula is C27H34BF2N5O5. The topological polar surface area (TPSA) is 142 Å². The number of rotatable bonds is 9. The van der Waals surface area contributed by atoms with Gasteiger partial charge < -0.3 is 30.0 Å². The van der Waals surface area contributed by atoms with E-state index in [0.29, 0.717) is 30.5 Å². The summed E-state index contributed by atoms with van der Waals surface area (Å²) in [4.78, 5) is 29.0. The summed E-state index contributed by atoms with van der Waals surface area (Å²) < 4.78 is 33.0. The number of furan rings is 1. The molecule has 3 amide bonds. The number of nitriles is 1. The van der Waals surface area contributed by atoms with E-state index in [9.17, 15) is 33.7 Å². The molecule has 1 aromatic carbocycles. The summed E-state index contributed by atoms with van der Waals surface area (Å²) in [7, 11) is -1.83. The molecule has 0 radical (unpaired) electrons. The highest BCUT2D eigenvalue weighted by molar-refractivity contribution is 6.43. The number of likely N-dealkylation sites (tertiary alicyclic amines) is 2. The number of amides is 3. The number of hydrogen-bond acceptors (Lipinski definition) is 7. The maximum atomic E-state index is 13.8. The number of para-hydroxylation sites is 1. The molecule has 2 aromatic rings. The van der Waals surface area contributed by atoms with Crippen molar-refractivity contribution in [2.45, 2.75) is 63.0 Å². The van der Waals surface area contributed by atoms with Gasteiger partial charge in [0.05, 0.1) is 18.7 Å². The number of benzene rings is 1. The predicted molar refractivity (Wildman–Crippen MR) is 144 cm³/mol. The molecule has 10 nitrogen and oxygen atoms in total. The predicted octanol–water partition coefficient (Wildman–Crippen LogP) is 2.22. The van der Waals surface area contributed by atoms with E-state index in [4.69, 9.17) is 4.42 Å². The number of alkyl halides is 2. The largest absolute Gasteiger partial charge is 0.475 e. The Morgan fingerprint density at radius 1 is 1.32 bits per heavy atom. The molecule has 2 atom stereocenters. The highest BCUT2D eigenvalue weighted by Crippen LogP contribution is 2.33. The number of carbonyl (C=O) groups is 2. The Morgan fingerprint density at radius 2 is 2.08 bits per heavy atom. The Labute approximate surface area is 231 Å². The van der Waals surface area contributed by atoms with Crippen LogP contribution in [0, 0.1) is 11.3 Å². The van der Waals surface area contributed by atoms with Crippen molar-refractivity contribution in [3.8, 4) is 6.07 Å². The average molecular weight is 557 g/mol. The Balaban J connectivity index is 1.35. The highest BCUT2D eigenvalue weighted by atomic mass is 19.3. The van der Waals surface area contributed by atoms with E-state index >= 15 is 0 Å². The summed E-state index contributed by atoms with van der Waals surface area (Å²) in [5.41, 5.74) is 0.297. The van der Waals surface area contributed by atoms with Crippen molar-refractivity contribution in [3.05, 3.63) is 47.7 Å². The number of nitrogens with one attached hydrogen (secondary N) is 2. The molecule has 2 fully saturated rings. The summed E-state index contributed by atoms with van der Waals surface area (Å²) in [6.45, 7) is 3.60. The standard InChI is InChI=1S/C27H34BF2N5O5/c1-26(2,34-11-9-27(29,30)17-34)13-19(14-31)24(36)35-10-5-6-20(35)15-32-25(37)33-23(28(38)39)12-18-16-40-22-8-4-3-7-21(18)22/h3-4,7-8,13,16,20,23,38-39H,5-6,9-12,15,17H2,1-2H3,(H2,32,33,37)/b19-13+/t20-,23+/m1/s1. The van der Waals surface area contributed by atoms with Crippen molar-refractivity contribution >= 4 is 30.0 Å². The highest BCUT2D eigenvalue weighted by Gasteiger charge is 2.43. The van der Waals surface area contributed by atoms with Gasteiger partial charge in [-0.3, -0.25) is 9.69 Å². The third-order valence-corrected chi connectivity index (χ3v) is 7.65. The van der Waals surface area contributed by atoms with Crippen molar-refractivity contribution in [1.82, 2.24) is 20.4 Å². The first kappa shape index (κ1) is 29.5. The Kier molecular flexibility index (Phi) is 8.82. The maximum Gasteiger partial charge on any atom is 0.475 e. The van der Waals surface area contributed by atoms with Crippen LogP contribution in [0.5, 0.6) is 0 Å². The van der Waals surface area contributed by atoms with Crippen LogP contribution in [0.25, 0.3) is 11.0 Å². The normalized spacial score (nSPS) is 20.4. The molecule has 0 spiro atoms. The minimum atomic E-state index is -2.80. The summed E-state index contributed by atoms with van der Waals surface area (Å²) in [5, 5.41) is 35.5. The zero-order valence-corrected chi connectivity index (χ0v) is 22.6. The van der Waals surface area contributed by atoms with Crippen LogP contribution in [-0.4, -0.2) is 88.5 Å². The Morgan fingerprint density at radius 3 is 2.75 bits per heavy atom. The van der Waals surface area contributed by atoms with Crippen molar-refractivity contribution in [2.24, 2.45) is 0 Å². The molecule has 0 saturated carbocycles. The van der Waals surface area contributed by atoms with E-state index < -0.39 is 43.0 Å². The number of fused-ring (bicyclic) bond motifs is 1. The molecule has 13 heteroatoms. The van der Waals surface area contributed by atoms with Gasteiger partial charge in [-0.25, -0.2) is 13.6 Å². The van der Waals surface area contributed by atoms with Gasteiger partial charge in [0.25, 0.3) is 11.8 Å². The lowest BCUT2D eigenvalue weighted by Gasteiger charge is -2.33. The van der Waals surface area contributed by atoms with Crippen LogP contribution < -0.4 is 10.6 Å². The summed E-state index contributed by atoms with van der Waals surface area (Å²) in [6, 6.07) is 8.19. The van der Waals surface area contributed by atoms with E-state index in [1.165, 1.54) is 17.2 Å². The smallest absolute Gasteiger partial charge is 0.464 e.